The molecule has 1 saturated carbocycles. The molecular weight excluding hydrogens is 488 g/mol. The molecule has 1 heterocycles. The number of amides is 1. The lowest BCUT2D eigenvalue weighted by atomic mass is 10.1. The largest absolute Gasteiger partial charge is 0.468 e. The summed E-state index contributed by atoms with van der Waals surface area (Å²) in [6, 6.07) is 11.6. The summed E-state index contributed by atoms with van der Waals surface area (Å²) in [5, 5.41) is 4.36. The second-order valence-electron chi connectivity index (χ2n) is 9.23. The molecule has 1 fully saturated rings. The van der Waals surface area contributed by atoms with E-state index in [2.05, 4.69) is 5.32 Å². The summed E-state index contributed by atoms with van der Waals surface area (Å²) >= 11 is 6.37. The Kier molecular flexibility index (Phi) is 6.72. The summed E-state index contributed by atoms with van der Waals surface area (Å²) < 4.78 is 31.9. The van der Waals surface area contributed by atoms with Crippen LogP contribution in [0.25, 0.3) is 10.9 Å². The second-order valence-corrected chi connectivity index (χ2v) is 11.9. The minimum absolute atomic E-state index is 0.0748. The van der Waals surface area contributed by atoms with Crippen LogP contribution in [0.3, 0.4) is 0 Å². The van der Waals surface area contributed by atoms with Crippen LogP contribution in [-0.4, -0.2) is 36.7 Å². The monoisotopic (exact) mass is 516 g/mol. The average Bonchev–Trinajstić information content (AvgIpc) is 3.45. The van der Waals surface area contributed by atoms with Gasteiger partial charge in [0.25, 0.3) is 5.91 Å². The normalized spacial score (nSPS) is 16.3. The van der Waals surface area contributed by atoms with E-state index >= 15 is 0 Å². The number of aryl methyl sites for hydroxylation is 2. The van der Waals surface area contributed by atoms with Gasteiger partial charge in [-0.15, -0.1) is 0 Å². The number of hydrogen-bond acceptors (Lipinski definition) is 5. The van der Waals surface area contributed by atoms with Crippen molar-refractivity contribution in [2.75, 3.05) is 7.11 Å². The number of esters is 1. The molecule has 2 aromatic carbocycles. The minimum Gasteiger partial charge on any atom is -0.468 e. The standard InChI is InChI=1S/C26H29ClN2O5S/c1-16-13-21(27)20-15-23(29(3)22(20)14-16)24(30)28-17(2)18-7-9-19(10-8-18)35(32,33)26(25(31)34-4)11-5-6-12-26/h7-10,13-15,17H,5-6,11-12H2,1-4H3,(H,28,30). The smallest absolute Gasteiger partial charge is 0.327 e. The summed E-state index contributed by atoms with van der Waals surface area (Å²) in [5.41, 5.74) is 3.09. The first-order valence-corrected chi connectivity index (χ1v) is 13.4. The molecule has 186 valence electrons. The summed E-state index contributed by atoms with van der Waals surface area (Å²) in [7, 11) is -0.891. The number of rotatable bonds is 6. The molecule has 1 atom stereocenters. The summed E-state index contributed by atoms with van der Waals surface area (Å²) in [5.74, 6) is -0.970. The Bertz CT molecular complexity index is 1400. The van der Waals surface area contributed by atoms with Crippen LogP contribution in [0.4, 0.5) is 0 Å². The van der Waals surface area contributed by atoms with E-state index < -0.39 is 20.6 Å². The van der Waals surface area contributed by atoms with E-state index in [1.54, 1.807) is 22.8 Å². The molecule has 35 heavy (non-hydrogen) atoms. The predicted octanol–water partition coefficient (Wildman–Crippen LogP) is 4.89. The van der Waals surface area contributed by atoms with E-state index in [4.69, 9.17) is 16.3 Å². The maximum Gasteiger partial charge on any atom is 0.327 e. The number of ether oxygens (including phenoxy) is 1. The molecule has 9 heteroatoms. The Hall–Kier alpha value is -2.84. The van der Waals surface area contributed by atoms with E-state index in [-0.39, 0.29) is 29.7 Å². The molecule has 0 radical (unpaired) electrons. The van der Waals surface area contributed by atoms with Crippen molar-refractivity contribution >= 4 is 44.2 Å². The van der Waals surface area contributed by atoms with Gasteiger partial charge in [-0.2, -0.15) is 0 Å². The minimum atomic E-state index is -3.93. The van der Waals surface area contributed by atoms with Crippen molar-refractivity contribution in [3.05, 3.63) is 64.3 Å². The molecule has 1 unspecified atom stereocenters. The number of hydrogen-bond donors (Lipinski definition) is 1. The van der Waals surface area contributed by atoms with Gasteiger partial charge in [0.15, 0.2) is 14.6 Å². The van der Waals surface area contributed by atoms with E-state index in [0.717, 1.165) is 22.0 Å². The Balaban J connectivity index is 1.56. The summed E-state index contributed by atoms with van der Waals surface area (Å²) in [6.07, 6.45) is 1.83. The van der Waals surface area contributed by atoms with Crippen molar-refractivity contribution in [2.24, 2.45) is 7.05 Å². The van der Waals surface area contributed by atoms with Crippen LogP contribution in [0.2, 0.25) is 5.02 Å². The first-order chi connectivity index (χ1) is 16.5. The molecule has 1 aliphatic rings. The van der Waals surface area contributed by atoms with Gasteiger partial charge in [-0.25, -0.2) is 8.42 Å². The number of sulfone groups is 1. The Morgan fingerprint density at radius 2 is 1.74 bits per heavy atom. The van der Waals surface area contributed by atoms with Gasteiger partial charge in [-0.3, -0.25) is 9.59 Å². The lowest BCUT2D eigenvalue weighted by Gasteiger charge is -2.26. The van der Waals surface area contributed by atoms with Gasteiger partial charge in [0, 0.05) is 12.4 Å². The number of carbonyl (C=O) groups is 2. The SMILES string of the molecule is COC(=O)C1(S(=O)(=O)c2ccc(C(C)NC(=O)c3cc4c(Cl)cc(C)cc4n3C)cc2)CCCC1. The highest BCUT2D eigenvalue weighted by Crippen LogP contribution is 2.41. The first kappa shape index (κ1) is 25.3. The van der Waals surface area contributed by atoms with Gasteiger partial charge in [0.2, 0.25) is 0 Å². The maximum absolute atomic E-state index is 13.4. The number of nitrogens with one attached hydrogen (secondary N) is 1. The van der Waals surface area contributed by atoms with Gasteiger partial charge in [-0.05, 0) is 68.1 Å². The van der Waals surface area contributed by atoms with Crippen LogP contribution < -0.4 is 5.32 Å². The number of carbonyl (C=O) groups excluding carboxylic acids is 2. The van der Waals surface area contributed by atoms with Gasteiger partial charge < -0.3 is 14.6 Å². The molecule has 7 nitrogen and oxygen atoms in total. The van der Waals surface area contributed by atoms with E-state index in [9.17, 15) is 18.0 Å². The van der Waals surface area contributed by atoms with Crippen LogP contribution in [0.1, 0.15) is 60.3 Å². The highest BCUT2D eigenvalue weighted by atomic mass is 35.5. The van der Waals surface area contributed by atoms with Gasteiger partial charge >= 0.3 is 5.97 Å². The van der Waals surface area contributed by atoms with E-state index in [1.165, 1.54) is 19.2 Å². The Morgan fingerprint density at radius 1 is 1.11 bits per heavy atom. The third kappa shape index (κ3) is 4.23. The average molecular weight is 517 g/mol. The second kappa shape index (κ2) is 9.32. The van der Waals surface area contributed by atoms with Crippen molar-refractivity contribution < 1.29 is 22.7 Å². The topological polar surface area (TPSA) is 94.5 Å². The fourth-order valence-electron chi connectivity index (χ4n) is 4.97. The molecule has 1 amide bonds. The van der Waals surface area contributed by atoms with Crippen molar-refractivity contribution in [1.29, 1.82) is 0 Å². The van der Waals surface area contributed by atoms with E-state index in [0.29, 0.717) is 23.6 Å². The molecule has 0 aliphatic heterocycles. The Morgan fingerprint density at radius 3 is 2.34 bits per heavy atom. The zero-order valence-corrected chi connectivity index (χ0v) is 21.8. The van der Waals surface area contributed by atoms with Crippen molar-refractivity contribution in [3.63, 3.8) is 0 Å². The number of aromatic nitrogens is 1. The molecule has 1 aromatic heterocycles. The predicted molar refractivity (Wildman–Crippen MR) is 135 cm³/mol. The molecule has 0 spiro atoms. The fourth-order valence-corrected chi connectivity index (χ4v) is 7.36. The molecule has 1 aliphatic carbocycles. The maximum atomic E-state index is 13.4. The third-order valence-corrected chi connectivity index (χ3v) is 9.82. The van der Waals surface area contributed by atoms with Crippen LogP contribution in [0.5, 0.6) is 0 Å². The molecule has 0 bridgehead atoms. The van der Waals surface area contributed by atoms with Crippen LogP contribution >= 0.6 is 11.6 Å². The van der Waals surface area contributed by atoms with Crippen LogP contribution in [0.15, 0.2) is 47.4 Å². The summed E-state index contributed by atoms with van der Waals surface area (Å²) in [6.45, 7) is 3.78. The van der Waals surface area contributed by atoms with E-state index in [1.807, 2.05) is 33.0 Å². The van der Waals surface area contributed by atoms with Crippen LogP contribution in [0, 0.1) is 6.92 Å². The lowest BCUT2D eigenvalue weighted by molar-refractivity contribution is -0.143. The molecule has 3 aromatic rings. The highest BCUT2D eigenvalue weighted by molar-refractivity contribution is 7.93. The van der Waals surface area contributed by atoms with Crippen molar-refractivity contribution in [2.45, 2.75) is 55.2 Å². The number of methoxy groups -OCH3 is 1. The van der Waals surface area contributed by atoms with Gasteiger partial charge in [0.1, 0.15) is 5.69 Å². The van der Waals surface area contributed by atoms with Crippen LogP contribution in [-0.2, 0) is 26.4 Å². The number of halogens is 1. The lowest BCUT2D eigenvalue weighted by Crippen LogP contribution is -2.44. The third-order valence-electron chi connectivity index (χ3n) is 7.01. The number of fused-ring (bicyclic) bond motifs is 1. The van der Waals surface area contributed by atoms with Gasteiger partial charge in [0.05, 0.1) is 28.6 Å². The number of benzene rings is 2. The molecule has 0 saturated heterocycles. The quantitative estimate of drug-likeness (QED) is 0.471. The Labute approximate surface area is 210 Å². The first-order valence-electron chi connectivity index (χ1n) is 11.5. The van der Waals surface area contributed by atoms with Crippen molar-refractivity contribution in [1.82, 2.24) is 9.88 Å². The highest BCUT2D eigenvalue weighted by Gasteiger charge is 2.54. The molecular formula is C26H29ClN2O5S. The number of nitrogens with zero attached hydrogens (tertiary/aromatic N) is 1. The molecule has 4 rings (SSSR count). The zero-order valence-electron chi connectivity index (χ0n) is 20.2. The van der Waals surface area contributed by atoms with Crippen molar-refractivity contribution in [3.8, 4) is 0 Å². The molecule has 1 N–H and O–H groups in total. The van der Waals surface area contributed by atoms with Gasteiger partial charge in [-0.1, -0.05) is 36.6 Å². The fraction of sp³-hybridized carbons (Fsp3) is 0.385. The summed E-state index contributed by atoms with van der Waals surface area (Å²) in [4.78, 5) is 25.6. The zero-order chi connectivity index (χ0) is 25.5.